The molecule has 4 rings (SSSR count). The van der Waals surface area contributed by atoms with Crippen molar-refractivity contribution in [3.8, 4) is 0 Å². The predicted molar refractivity (Wildman–Crippen MR) is 137 cm³/mol. The zero-order valence-electron chi connectivity index (χ0n) is 22.1. The molecule has 2 atom stereocenters. The van der Waals surface area contributed by atoms with Gasteiger partial charge < -0.3 is 14.5 Å². The molecule has 2 heterocycles. The molecule has 9 nitrogen and oxygen atoms in total. The van der Waals surface area contributed by atoms with Crippen molar-refractivity contribution < 1.29 is 14.3 Å². The molecule has 0 bridgehead atoms. The van der Waals surface area contributed by atoms with Crippen molar-refractivity contribution in [2.24, 2.45) is 17.8 Å². The molecule has 2 aliphatic carbocycles. The maximum atomic E-state index is 13.3. The fourth-order valence-electron chi connectivity index (χ4n) is 6.45. The lowest BCUT2D eigenvalue weighted by Crippen LogP contribution is -2.63. The highest BCUT2D eigenvalue weighted by Gasteiger charge is 2.34. The summed E-state index contributed by atoms with van der Waals surface area (Å²) in [5.74, 6) is 2.04. The first-order chi connectivity index (χ1) is 16.9. The van der Waals surface area contributed by atoms with Crippen molar-refractivity contribution in [3.63, 3.8) is 0 Å². The van der Waals surface area contributed by atoms with Gasteiger partial charge in [0.05, 0.1) is 12.6 Å². The largest absolute Gasteiger partial charge is 0.381 e. The van der Waals surface area contributed by atoms with Gasteiger partial charge in [-0.15, -0.1) is 0 Å². The Morgan fingerprint density at radius 1 is 0.943 bits per heavy atom. The summed E-state index contributed by atoms with van der Waals surface area (Å²) in [7, 11) is 5.42. The summed E-state index contributed by atoms with van der Waals surface area (Å²) in [5, 5.41) is 11.1. The van der Waals surface area contributed by atoms with Crippen LogP contribution in [0.1, 0.15) is 51.4 Å². The number of carbonyl (C=O) groups excluding carboxylic acids is 2. The van der Waals surface area contributed by atoms with Gasteiger partial charge in [0.1, 0.15) is 6.29 Å². The van der Waals surface area contributed by atoms with E-state index in [1.54, 1.807) is 19.0 Å². The number of likely N-dealkylation sites (N-methyl/N-ethyl adjacent to an activating group) is 1. The van der Waals surface area contributed by atoms with E-state index in [0.29, 0.717) is 30.5 Å². The molecule has 200 valence electrons. The van der Waals surface area contributed by atoms with Gasteiger partial charge in [-0.25, -0.2) is 0 Å². The molecule has 0 aromatic carbocycles. The maximum Gasteiger partial charge on any atom is 0.236 e. The molecule has 35 heavy (non-hydrogen) atoms. The van der Waals surface area contributed by atoms with Gasteiger partial charge >= 0.3 is 0 Å². The molecule has 2 saturated heterocycles. The Morgan fingerprint density at radius 2 is 1.63 bits per heavy atom. The van der Waals surface area contributed by atoms with Gasteiger partial charge in [0.2, 0.25) is 11.8 Å². The Balaban J connectivity index is 1.16. The first-order valence-electron chi connectivity index (χ1n) is 13.9. The summed E-state index contributed by atoms with van der Waals surface area (Å²) in [6.07, 6.45) is 9.69. The summed E-state index contributed by atoms with van der Waals surface area (Å²) in [6, 6.07) is 0.371. The number of ether oxygens (including phenoxy) is 1. The van der Waals surface area contributed by atoms with Crippen LogP contribution in [-0.2, 0) is 14.3 Å². The summed E-state index contributed by atoms with van der Waals surface area (Å²) >= 11 is 0. The molecule has 2 saturated carbocycles. The van der Waals surface area contributed by atoms with E-state index in [2.05, 4.69) is 20.9 Å². The Kier molecular flexibility index (Phi) is 9.81. The molecular weight excluding hydrogens is 444 g/mol. The average Bonchev–Trinajstić information content (AvgIpc) is 2.89. The molecule has 9 heteroatoms. The zero-order valence-corrected chi connectivity index (χ0v) is 22.1. The van der Waals surface area contributed by atoms with Crippen molar-refractivity contribution in [2.45, 2.75) is 69.8 Å². The number of rotatable bonds is 7. The van der Waals surface area contributed by atoms with Crippen LogP contribution in [0.25, 0.3) is 0 Å². The van der Waals surface area contributed by atoms with Crippen LogP contribution in [0.4, 0.5) is 0 Å². The molecule has 3 N–H and O–H groups in total. The minimum atomic E-state index is 0.114. The van der Waals surface area contributed by atoms with E-state index in [9.17, 15) is 9.59 Å². The van der Waals surface area contributed by atoms with Crippen molar-refractivity contribution in [1.29, 1.82) is 0 Å². The lowest BCUT2D eigenvalue weighted by Gasteiger charge is -2.41. The molecule has 4 aliphatic rings. The first-order valence-corrected chi connectivity index (χ1v) is 13.9. The topological polar surface area (TPSA) is 89.2 Å². The van der Waals surface area contributed by atoms with Gasteiger partial charge in [-0.05, 0) is 56.8 Å². The predicted octanol–water partition coefficient (Wildman–Crippen LogP) is 0.665. The van der Waals surface area contributed by atoms with Crippen LogP contribution in [0.15, 0.2) is 0 Å². The number of nitrogens with one attached hydrogen (secondary N) is 3. The van der Waals surface area contributed by atoms with Crippen molar-refractivity contribution in [2.75, 3.05) is 67.0 Å². The van der Waals surface area contributed by atoms with Crippen LogP contribution in [-0.4, -0.2) is 112 Å². The Labute approximate surface area is 211 Å². The first kappa shape index (κ1) is 26.8. The standard InChI is InChI=1S/C26H48N6O3/c1-30(2)24(33)18-31-11-13-32(14-12-31)25(34)20-5-4-6-22(15-20)29-26-27-16-21(17-28-26)19-7-9-23(35-3)10-8-19/h19-23,26-29H,4-18H2,1-3H3. The summed E-state index contributed by atoms with van der Waals surface area (Å²) in [6.45, 7) is 5.58. The molecule has 0 spiro atoms. The van der Waals surface area contributed by atoms with Crippen molar-refractivity contribution in [1.82, 2.24) is 30.7 Å². The van der Waals surface area contributed by atoms with Crippen LogP contribution in [0, 0.1) is 17.8 Å². The quantitative estimate of drug-likeness (QED) is 0.481. The van der Waals surface area contributed by atoms with Crippen LogP contribution in [0.3, 0.4) is 0 Å². The highest BCUT2D eigenvalue weighted by atomic mass is 16.5. The van der Waals surface area contributed by atoms with Gasteiger partial charge in [-0.1, -0.05) is 6.42 Å². The lowest BCUT2D eigenvalue weighted by atomic mass is 9.78. The molecular formula is C26H48N6O3. The van der Waals surface area contributed by atoms with Crippen LogP contribution in [0.5, 0.6) is 0 Å². The van der Waals surface area contributed by atoms with E-state index < -0.39 is 0 Å². The minimum Gasteiger partial charge on any atom is -0.381 e. The highest BCUT2D eigenvalue weighted by Crippen LogP contribution is 2.32. The number of carbonyl (C=O) groups is 2. The minimum absolute atomic E-state index is 0.114. The molecule has 0 aromatic heterocycles. The van der Waals surface area contributed by atoms with Gasteiger partial charge in [0, 0.05) is 72.4 Å². The zero-order chi connectivity index (χ0) is 24.8. The number of methoxy groups -OCH3 is 1. The fraction of sp³-hybridized carbons (Fsp3) is 0.923. The summed E-state index contributed by atoms with van der Waals surface area (Å²) < 4.78 is 5.53. The molecule has 2 amide bonds. The number of hydrogen-bond donors (Lipinski definition) is 3. The van der Waals surface area contributed by atoms with Gasteiger partial charge in [0.15, 0.2) is 0 Å². The van der Waals surface area contributed by atoms with E-state index >= 15 is 0 Å². The number of hydrogen-bond acceptors (Lipinski definition) is 7. The molecule has 4 fully saturated rings. The third-order valence-corrected chi connectivity index (χ3v) is 8.85. The van der Waals surface area contributed by atoms with E-state index in [4.69, 9.17) is 4.74 Å². The Morgan fingerprint density at radius 3 is 2.26 bits per heavy atom. The smallest absolute Gasteiger partial charge is 0.236 e. The SMILES string of the molecule is COC1CCC(C2CNC(NC3CCCC(C(=O)N4CCN(CC(=O)N(C)C)CC4)C3)NC2)CC1. The fourth-order valence-corrected chi connectivity index (χ4v) is 6.45. The van der Waals surface area contributed by atoms with Crippen LogP contribution >= 0.6 is 0 Å². The highest BCUT2D eigenvalue weighted by molar-refractivity contribution is 5.79. The second-order valence-electron chi connectivity index (χ2n) is 11.4. The second-order valence-corrected chi connectivity index (χ2v) is 11.4. The van der Waals surface area contributed by atoms with Crippen molar-refractivity contribution in [3.05, 3.63) is 0 Å². The summed E-state index contributed by atoms with van der Waals surface area (Å²) in [5.41, 5.74) is 0. The molecule has 0 aromatic rings. The normalized spacial score (nSPS) is 35.0. The van der Waals surface area contributed by atoms with E-state index in [-0.39, 0.29) is 18.1 Å². The lowest BCUT2D eigenvalue weighted by molar-refractivity contribution is -0.139. The maximum absolute atomic E-state index is 13.3. The van der Waals surface area contributed by atoms with Gasteiger partial charge in [0.25, 0.3) is 0 Å². The van der Waals surface area contributed by atoms with Gasteiger partial charge in [-0.2, -0.15) is 0 Å². The summed E-state index contributed by atoms with van der Waals surface area (Å²) in [4.78, 5) is 31.1. The van der Waals surface area contributed by atoms with Crippen LogP contribution in [0.2, 0.25) is 0 Å². The number of amides is 2. The second kappa shape index (κ2) is 12.8. The number of nitrogens with zero attached hydrogens (tertiary/aromatic N) is 3. The number of piperazine rings is 1. The molecule has 2 aliphatic heterocycles. The van der Waals surface area contributed by atoms with Crippen molar-refractivity contribution >= 4 is 11.8 Å². The Bertz CT molecular complexity index is 683. The van der Waals surface area contributed by atoms with E-state index in [1.165, 1.54) is 25.7 Å². The van der Waals surface area contributed by atoms with E-state index in [0.717, 1.165) is 70.9 Å². The van der Waals surface area contributed by atoms with E-state index in [1.807, 2.05) is 12.0 Å². The average molecular weight is 493 g/mol. The molecule has 0 radical (unpaired) electrons. The van der Waals surface area contributed by atoms with Crippen LogP contribution < -0.4 is 16.0 Å². The molecule has 2 unspecified atom stereocenters. The third kappa shape index (κ3) is 7.38. The van der Waals surface area contributed by atoms with Gasteiger partial charge in [-0.3, -0.25) is 30.4 Å². The third-order valence-electron chi connectivity index (χ3n) is 8.85. The monoisotopic (exact) mass is 492 g/mol. The Hall–Kier alpha value is -1.26.